The smallest absolute Gasteiger partial charge is 0.337 e. The predicted octanol–water partition coefficient (Wildman–Crippen LogP) is 1.01. The number of ether oxygens (including phenoxy) is 1. The van der Waals surface area contributed by atoms with Gasteiger partial charge in [-0.2, -0.15) is 4.31 Å². The Morgan fingerprint density at radius 1 is 1.24 bits per heavy atom. The van der Waals surface area contributed by atoms with Gasteiger partial charge in [0.05, 0.1) is 23.2 Å². The molecule has 0 radical (unpaired) electrons. The van der Waals surface area contributed by atoms with E-state index in [1.54, 1.807) is 6.92 Å². The number of piperidine rings is 1. The van der Waals surface area contributed by atoms with Crippen molar-refractivity contribution < 1.29 is 23.1 Å². The minimum atomic E-state index is -3.59. The molecule has 0 atom stereocenters. The van der Waals surface area contributed by atoms with Crippen molar-refractivity contribution in [1.29, 1.82) is 0 Å². The molecule has 1 heterocycles. The van der Waals surface area contributed by atoms with Crippen molar-refractivity contribution in [1.82, 2.24) is 4.31 Å². The molecule has 1 aliphatic rings. The number of hydrogen-bond donors (Lipinski definition) is 1. The molecule has 0 unspecified atom stereocenters. The molecule has 1 fully saturated rings. The van der Waals surface area contributed by atoms with E-state index in [4.69, 9.17) is 0 Å². The van der Waals surface area contributed by atoms with Crippen molar-refractivity contribution in [2.75, 3.05) is 20.2 Å². The highest BCUT2D eigenvalue weighted by molar-refractivity contribution is 7.89. The van der Waals surface area contributed by atoms with Gasteiger partial charge in [-0.3, -0.25) is 0 Å². The summed E-state index contributed by atoms with van der Waals surface area (Å²) in [5.74, 6) is -0.507. The van der Waals surface area contributed by atoms with Gasteiger partial charge in [-0.25, -0.2) is 13.2 Å². The minimum Gasteiger partial charge on any atom is -0.465 e. The number of carbonyl (C=O) groups is 1. The summed E-state index contributed by atoms with van der Waals surface area (Å²) in [6, 6.07) is 5.65. The first kappa shape index (κ1) is 15.9. The van der Waals surface area contributed by atoms with E-state index < -0.39 is 21.6 Å². The van der Waals surface area contributed by atoms with E-state index >= 15 is 0 Å². The van der Waals surface area contributed by atoms with Crippen LogP contribution in [0.1, 0.15) is 30.1 Å². The second-order valence-electron chi connectivity index (χ2n) is 5.42. The molecule has 0 aliphatic carbocycles. The number of nitrogens with zero attached hydrogens (tertiary/aromatic N) is 1. The van der Waals surface area contributed by atoms with E-state index in [9.17, 15) is 18.3 Å². The number of benzene rings is 1. The maximum absolute atomic E-state index is 12.5. The second kappa shape index (κ2) is 5.75. The van der Waals surface area contributed by atoms with Crippen molar-refractivity contribution in [2.24, 2.45) is 0 Å². The molecule has 0 saturated carbocycles. The van der Waals surface area contributed by atoms with E-state index in [0.717, 1.165) is 0 Å². The Morgan fingerprint density at radius 3 is 2.24 bits per heavy atom. The highest BCUT2D eigenvalue weighted by Gasteiger charge is 2.33. The fraction of sp³-hybridized carbons (Fsp3) is 0.500. The molecule has 21 heavy (non-hydrogen) atoms. The standard InChI is InChI=1S/C14H19NO5S/c1-14(17)7-9-15(10-8-14)21(18,19)12-5-3-11(4-6-12)13(16)20-2/h3-6,17H,7-10H2,1-2H3. The van der Waals surface area contributed by atoms with Gasteiger partial charge >= 0.3 is 5.97 Å². The topological polar surface area (TPSA) is 83.9 Å². The maximum Gasteiger partial charge on any atom is 0.337 e. The van der Waals surface area contributed by atoms with Crippen LogP contribution in [0.4, 0.5) is 0 Å². The van der Waals surface area contributed by atoms with Gasteiger partial charge < -0.3 is 9.84 Å². The third-order valence-corrected chi connectivity index (χ3v) is 5.63. The Kier molecular flexibility index (Phi) is 4.36. The van der Waals surface area contributed by atoms with Crippen molar-refractivity contribution in [3.8, 4) is 0 Å². The van der Waals surface area contributed by atoms with Gasteiger partial charge in [-0.15, -0.1) is 0 Å². The van der Waals surface area contributed by atoms with Crippen LogP contribution in [0.3, 0.4) is 0 Å². The number of aliphatic hydroxyl groups is 1. The molecule has 0 amide bonds. The van der Waals surface area contributed by atoms with E-state index in [2.05, 4.69) is 4.74 Å². The SMILES string of the molecule is COC(=O)c1ccc(S(=O)(=O)N2CCC(C)(O)CC2)cc1. The van der Waals surface area contributed by atoms with Crippen molar-refractivity contribution in [3.05, 3.63) is 29.8 Å². The van der Waals surface area contributed by atoms with E-state index in [-0.39, 0.29) is 18.0 Å². The highest BCUT2D eigenvalue weighted by atomic mass is 32.2. The van der Waals surface area contributed by atoms with Gasteiger partial charge in [0.1, 0.15) is 0 Å². The van der Waals surface area contributed by atoms with Crippen LogP contribution < -0.4 is 0 Å². The van der Waals surface area contributed by atoms with Gasteiger partial charge in [0.25, 0.3) is 0 Å². The van der Waals surface area contributed by atoms with E-state index in [0.29, 0.717) is 18.4 Å². The van der Waals surface area contributed by atoms with Gasteiger partial charge in [-0.1, -0.05) is 0 Å². The van der Waals surface area contributed by atoms with Gasteiger partial charge in [0, 0.05) is 13.1 Å². The molecule has 0 spiro atoms. The zero-order chi connectivity index (χ0) is 15.7. The third-order valence-electron chi connectivity index (χ3n) is 3.71. The molecule has 1 aromatic rings. The third kappa shape index (κ3) is 3.42. The summed E-state index contributed by atoms with van der Waals surface area (Å²) in [6.45, 7) is 2.28. The van der Waals surface area contributed by atoms with Crippen LogP contribution in [0, 0.1) is 0 Å². The molecule has 2 rings (SSSR count). The fourth-order valence-corrected chi connectivity index (χ4v) is 3.68. The molecule has 6 nitrogen and oxygen atoms in total. The van der Waals surface area contributed by atoms with Crippen LogP contribution >= 0.6 is 0 Å². The number of sulfonamides is 1. The normalized spacial score (nSPS) is 19.2. The summed E-state index contributed by atoms with van der Waals surface area (Å²) in [6.07, 6.45) is 0.818. The van der Waals surface area contributed by atoms with E-state index in [1.165, 1.54) is 35.7 Å². The first-order valence-corrected chi connectivity index (χ1v) is 8.11. The Morgan fingerprint density at radius 2 is 1.76 bits per heavy atom. The molecule has 0 bridgehead atoms. The number of rotatable bonds is 3. The molecular formula is C14H19NO5S. The summed E-state index contributed by atoms with van der Waals surface area (Å²) in [4.78, 5) is 11.5. The largest absolute Gasteiger partial charge is 0.465 e. The lowest BCUT2D eigenvalue weighted by molar-refractivity contribution is 0.0126. The Hall–Kier alpha value is -1.44. The first-order valence-electron chi connectivity index (χ1n) is 6.67. The zero-order valence-corrected chi connectivity index (χ0v) is 12.9. The molecule has 7 heteroatoms. The van der Waals surface area contributed by atoms with Crippen molar-refractivity contribution >= 4 is 16.0 Å². The second-order valence-corrected chi connectivity index (χ2v) is 7.35. The molecular weight excluding hydrogens is 294 g/mol. The Bertz CT molecular complexity index is 611. The zero-order valence-electron chi connectivity index (χ0n) is 12.1. The monoisotopic (exact) mass is 313 g/mol. The fourth-order valence-electron chi connectivity index (χ4n) is 2.24. The molecule has 116 valence electrons. The summed E-state index contributed by atoms with van der Waals surface area (Å²) in [5.41, 5.74) is -0.501. The predicted molar refractivity (Wildman–Crippen MR) is 76.4 cm³/mol. The van der Waals surface area contributed by atoms with Crippen LogP contribution in [0.15, 0.2) is 29.2 Å². The average Bonchev–Trinajstić information content (AvgIpc) is 2.46. The lowest BCUT2D eigenvalue weighted by Crippen LogP contribution is -2.45. The van der Waals surface area contributed by atoms with Crippen LogP contribution in [0.25, 0.3) is 0 Å². The maximum atomic E-state index is 12.5. The molecule has 1 aliphatic heterocycles. The van der Waals surface area contributed by atoms with Crippen molar-refractivity contribution in [2.45, 2.75) is 30.3 Å². The molecule has 1 saturated heterocycles. The highest BCUT2D eigenvalue weighted by Crippen LogP contribution is 2.26. The van der Waals surface area contributed by atoms with Crippen LogP contribution in [-0.2, 0) is 14.8 Å². The Labute approximate surface area is 124 Å². The summed E-state index contributed by atoms with van der Waals surface area (Å²) < 4.78 is 30.9. The number of esters is 1. The van der Waals surface area contributed by atoms with Crippen molar-refractivity contribution in [3.63, 3.8) is 0 Å². The molecule has 1 aromatic carbocycles. The lowest BCUT2D eigenvalue weighted by atomic mass is 9.95. The Balaban J connectivity index is 2.18. The number of carbonyl (C=O) groups excluding carboxylic acids is 1. The van der Waals surface area contributed by atoms with Crippen LogP contribution in [0.5, 0.6) is 0 Å². The van der Waals surface area contributed by atoms with Crippen LogP contribution in [-0.4, -0.2) is 49.6 Å². The number of hydrogen-bond acceptors (Lipinski definition) is 5. The summed E-state index contributed by atoms with van der Waals surface area (Å²) in [7, 11) is -2.32. The minimum absolute atomic E-state index is 0.136. The summed E-state index contributed by atoms with van der Waals surface area (Å²) in [5, 5.41) is 9.88. The van der Waals surface area contributed by atoms with Gasteiger partial charge in [0.2, 0.25) is 10.0 Å². The number of methoxy groups -OCH3 is 1. The van der Waals surface area contributed by atoms with Crippen LogP contribution in [0.2, 0.25) is 0 Å². The van der Waals surface area contributed by atoms with Gasteiger partial charge in [0.15, 0.2) is 0 Å². The average molecular weight is 313 g/mol. The van der Waals surface area contributed by atoms with Gasteiger partial charge in [-0.05, 0) is 44.0 Å². The van der Waals surface area contributed by atoms with E-state index in [1.807, 2.05) is 0 Å². The first-order chi connectivity index (χ1) is 9.76. The molecule has 0 aromatic heterocycles. The summed E-state index contributed by atoms with van der Waals surface area (Å²) >= 11 is 0. The molecule has 1 N–H and O–H groups in total. The lowest BCUT2D eigenvalue weighted by Gasteiger charge is -2.34. The quantitative estimate of drug-likeness (QED) is 0.842.